The zero-order chi connectivity index (χ0) is 29.6. The number of hydrogen-bond acceptors (Lipinski definition) is 5. The van der Waals surface area contributed by atoms with E-state index in [1.807, 2.05) is 43.5 Å². The summed E-state index contributed by atoms with van der Waals surface area (Å²) < 4.78 is 5.92. The summed E-state index contributed by atoms with van der Waals surface area (Å²) in [5.74, 6) is -0.0383. The highest BCUT2D eigenvalue weighted by Crippen LogP contribution is 2.67. The van der Waals surface area contributed by atoms with Crippen LogP contribution in [0.3, 0.4) is 0 Å². The summed E-state index contributed by atoms with van der Waals surface area (Å²) in [6.45, 7) is 8.59. The molecule has 2 aromatic carbocycles. The molecule has 9 heteroatoms. The molecule has 1 saturated heterocycles. The predicted molar refractivity (Wildman–Crippen MR) is 165 cm³/mol. The molecule has 4 heterocycles. The fourth-order valence-electron chi connectivity index (χ4n) is 7.33. The first-order valence-corrected chi connectivity index (χ1v) is 14.8. The van der Waals surface area contributed by atoms with Gasteiger partial charge in [0.2, 0.25) is 5.78 Å². The van der Waals surface area contributed by atoms with Gasteiger partial charge in [0.1, 0.15) is 11.3 Å². The average molecular weight is 574 g/mol. The van der Waals surface area contributed by atoms with E-state index in [0.29, 0.717) is 35.1 Å². The molecule has 5 aromatic rings. The number of amides is 2. The molecule has 2 fully saturated rings. The van der Waals surface area contributed by atoms with Gasteiger partial charge in [0.25, 0.3) is 11.8 Å². The Morgan fingerprint density at radius 3 is 2.74 bits per heavy atom. The lowest BCUT2D eigenvalue weighted by Gasteiger charge is -2.28. The number of aromatic amines is 2. The highest BCUT2D eigenvalue weighted by molar-refractivity contribution is 6.10. The molecular weight excluding hydrogens is 542 g/mol. The third kappa shape index (κ3) is 3.67. The second-order valence-electron chi connectivity index (χ2n) is 11.8. The Hall–Kier alpha value is -5.05. The van der Waals surface area contributed by atoms with Gasteiger partial charge in [-0.2, -0.15) is 0 Å². The first-order valence-electron chi connectivity index (χ1n) is 14.8. The van der Waals surface area contributed by atoms with Crippen LogP contribution in [0.25, 0.3) is 21.9 Å². The number of carbonyl (C=O) groups excluding carboxylic acids is 3. The summed E-state index contributed by atoms with van der Waals surface area (Å²) in [7, 11) is 0. The second kappa shape index (κ2) is 8.97. The van der Waals surface area contributed by atoms with Crippen LogP contribution in [0.1, 0.15) is 62.9 Å². The summed E-state index contributed by atoms with van der Waals surface area (Å²) in [6, 6.07) is 15.0. The highest BCUT2D eigenvalue weighted by atomic mass is 16.3. The van der Waals surface area contributed by atoms with E-state index < -0.39 is 0 Å². The molecule has 3 N–H and O–H groups in total. The predicted octanol–water partition coefficient (Wildman–Crippen LogP) is 6.14. The number of rotatable bonds is 6. The number of aromatic nitrogens is 2. The van der Waals surface area contributed by atoms with Gasteiger partial charge in [0.05, 0.1) is 5.69 Å². The van der Waals surface area contributed by atoms with Crippen LogP contribution < -0.4 is 10.2 Å². The zero-order valence-corrected chi connectivity index (χ0v) is 24.2. The minimum atomic E-state index is -0.346. The summed E-state index contributed by atoms with van der Waals surface area (Å²) in [4.78, 5) is 50.1. The molecule has 2 atom stereocenters. The molecule has 0 unspecified atom stereocenters. The summed E-state index contributed by atoms with van der Waals surface area (Å²) in [5, 5.41) is 4.59. The Morgan fingerprint density at radius 1 is 1.09 bits per heavy atom. The van der Waals surface area contributed by atoms with Crippen molar-refractivity contribution >= 4 is 50.8 Å². The molecule has 8 rings (SSSR count). The smallest absolute Gasteiger partial charge is 0.291 e. The first-order chi connectivity index (χ1) is 20.8. The van der Waals surface area contributed by atoms with Gasteiger partial charge in [0.15, 0.2) is 5.76 Å². The molecule has 3 aliphatic rings. The van der Waals surface area contributed by atoms with Crippen LogP contribution in [0.4, 0.5) is 11.4 Å². The number of fused-ring (bicyclic) bond motifs is 3. The lowest BCUT2D eigenvalue weighted by molar-refractivity contribution is 0.0806. The van der Waals surface area contributed by atoms with E-state index in [9.17, 15) is 14.4 Å². The third-order valence-corrected chi connectivity index (χ3v) is 9.50. The summed E-state index contributed by atoms with van der Waals surface area (Å²) in [5.41, 5.74) is 6.89. The Kier molecular flexibility index (Phi) is 5.35. The molecule has 216 valence electrons. The van der Waals surface area contributed by atoms with Crippen LogP contribution in [-0.2, 0) is 5.41 Å². The first kappa shape index (κ1) is 25.6. The largest absolute Gasteiger partial charge is 0.451 e. The fraction of sp³-hybridized carbons (Fsp3) is 0.265. The topological polar surface area (TPSA) is 114 Å². The van der Waals surface area contributed by atoms with Crippen molar-refractivity contribution in [1.82, 2.24) is 14.9 Å². The van der Waals surface area contributed by atoms with Crippen molar-refractivity contribution in [2.75, 3.05) is 29.9 Å². The number of carbonyl (C=O) groups is 3. The third-order valence-electron chi connectivity index (χ3n) is 9.50. The van der Waals surface area contributed by atoms with Crippen LogP contribution in [0, 0.1) is 12.8 Å². The van der Waals surface area contributed by atoms with Gasteiger partial charge in [-0.3, -0.25) is 14.4 Å². The van der Waals surface area contributed by atoms with Crippen LogP contribution >= 0.6 is 0 Å². The number of furan rings is 1. The van der Waals surface area contributed by atoms with Crippen molar-refractivity contribution in [1.29, 1.82) is 0 Å². The quantitative estimate of drug-likeness (QED) is 0.226. The van der Waals surface area contributed by atoms with E-state index in [4.69, 9.17) is 4.42 Å². The number of allylic oxidation sites excluding steroid dienone is 2. The van der Waals surface area contributed by atoms with Crippen molar-refractivity contribution < 1.29 is 18.8 Å². The molecular formula is C34H31N5O4. The van der Waals surface area contributed by atoms with Gasteiger partial charge in [-0.25, -0.2) is 0 Å². The van der Waals surface area contributed by atoms with Crippen molar-refractivity contribution in [3.8, 4) is 0 Å². The van der Waals surface area contributed by atoms with Gasteiger partial charge >= 0.3 is 0 Å². The van der Waals surface area contributed by atoms with Gasteiger partial charge in [-0.15, -0.1) is 0 Å². The number of nitrogens with zero attached hydrogens (tertiary/aromatic N) is 2. The lowest BCUT2D eigenvalue weighted by Crippen LogP contribution is -2.34. The average Bonchev–Trinajstić information content (AvgIpc) is 3.45. The second-order valence-corrected chi connectivity index (χ2v) is 11.8. The van der Waals surface area contributed by atoms with Crippen LogP contribution in [-0.4, -0.2) is 52.1 Å². The number of aryl methyl sites for hydroxylation is 1. The van der Waals surface area contributed by atoms with E-state index in [1.54, 1.807) is 29.2 Å². The van der Waals surface area contributed by atoms with E-state index >= 15 is 0 Å². The van der Waals surface area contributed by atoms with Gasteiger partial charge in [-0.05, 0) is 86.7 Å². The van der Waals surface area contributed by atoms with Crippen molar-refractivity contribution in [3.63, 3.8) is 0 Å². The SMILES string of the molecule is CCN(CC)c1ccc2cc(C(=O)Nc3ccc4[nH]c(C(=O)N5C[C@H]6C[C@@]67C5=CC(=O)c5[nH]cc(C)c57)cc4c3)oc2c1. The van der Waals surface area contributed by atoms with Crippen molar-refractivity contribution in [2.45, 2.75) is 32.6 Å². The number of H-pyrrole nitrogens is 2. The Balaban J connectivity index is 1.03. The molecule has 1 spiro atoms. The normalized spacial score (nSPS) is 20.2. The van der Waals surface area contributed by atoms with E-state index in [1.165, 1.54) is 0 Å². The lowest BCUT2D eigenvalue weighted by atomic mass is 9.83. The van der Waals surface area contributed by atoms with E-state index in [-0.39, 0.29) is 28.8 Å². The maximum absolute atomic E-state index is 13.8. The van der Waals surface area contributed by atoms with Gasteiger partial charge in [0, 0.05) is 76.7 Å². The number of nitrogens with one attached hydrogen (secondary N) is 3. The van der Waals surface area contributed by atoms with Gasteiger partial charge in [-0.1, -0.05) is 0 Å². The molecule has 2 amide bonds. The zero-order valence-electron chi connectivity index (χ0n) is 24.2. The maximum atomic E-state index is 13.8. The summed E-state index contributed by atoms with van der Waals surface area (Å²) >= 11 is 0. The maximum Gasteiger partial charge on any atom is 0.291 e. The monoisotopic (exact) mass is 573 g/mol. The molecule has 3 aromatic heterocycles. The highest BCUT2D eigenvalue weighted by Gasteiger charge is 2.68. The molecule has 1 saturated carbocycles. The molecule has 0 radical (unpaired) electrons. The van der Waals surface area contributed by atoms with Crippen LogP contribution in [0.2, 0.25) is 0 Å². The number of anilines is 2. The minimum Gasteiger partial charge on any atom is -0.451 e. The fourth-order valence-corrected chi connectivity index (χ4v) is 7.33. The van der Waals surface area contributed by atoms with Crippen molar-refractivity contribution in [2.24, 2.45) is 5.92 Å². The van der Waals surface area contributed by atoms with Crippen LogP contribution in [0.5, 0.6) is 0 Å². The Morgan fingerprint density at radius 2 is 1.93 bits per heavy atom. The number of likely N-dealkylation sites (tertiary alicyclic amines) is 1. The number of piperidine rings is 1. The summed E-state index contributed by atoms with van der Waals surface area (Å²) in [6.07, 6.45) is 4.49. The van der Waals surface area contributed by atoms with Gasteiger partial charge < -0.3 is 29.5 Å². The number of hydrogen-bond donors (Lipinski definition) is 3. The molecule has 0 bridgehead atoms. The van der Waals surface area contributed by atoms with Crippen molar-refractivity contribution in [3.05, 3.63) is 94.8 Å². The molecule has 9 nitrogen and oxygen atoms in total. The van der Waals surface area contributed by atoms with E-state index in [2.05, 4.69) is 34.0 Å². The molecule has 2 aliphatic carbocycles. The minimum absolute atomic E-state index is 0.0834. The Labute approximate surface area is 247 Å². The number of ketones is 1. The Bertz CT molecular complexity index is 2040. The standard InChI is InChI=1S/C34H31N5O4/c1-4-38(5-2)23-8-6-19-12-28(43-27(19)13-23)32(41)36-22-7-9-24-20(10-22)11-25(37-24)33(42)39-17-21-15-34(21)29(39)14-26(40)31-30(34)18(3)16-35-31/h6-14,16,21,35,37H,4-5,15,17H2,1-3H3,(H,36,41)/t21-,34+/m1/s1. The molecule has 43 heavy (non-hydrogen) atoms. The number of benzene rings is 2. The van der Waals surface area contributed by atoms with Crippen LogP contribution in [0.15, 0.2) is 70.9 Å². The van der Waals surface area contributed by atoms with E-state index in [0.717, 1.165) is 58.3 Å². The molecule has 1 aliphatic heterocycles.